The van der Waals surface area contributed by atoms with Crippen LogP contribution in [0, 0.1) is 0 Å². The van der Waals surface area contributed by atoms with E-state index in [0.717, 1.165) is 18.3 Å². The van der Waals surface area contributed by atoms with Crippen LogP contribution in [0.25, 0.3) is 0 Å². The van der Waals surface area contributed by atoms with Crippen LogP contribution in [0.3, 0.4) is 0 Å². The average molecular weight is 323 g/mol. The summed E-state index contributed by atoms with van der Waals surface area (Å²) in [5.41, 5.74) is 2.35. The summed E-state index contributed by atoms with van der Waals surface area (Å²) >= 11 is 0. The summed E-state index contributed by atoms with van der Waals surface area (Å²) in [6, 6.07) is 19.0. The Labute approximate surface area is 144 Å². The van der Waals surface area contributed by atoms with E-state index < -0.39 is 0 Å². The normalized spacial score (nSPS) is 14.3. The number of hydrogen-bond donors (Lipinski definition) is 2. The van der Waals surface area contributed by atoms with Crippen molar-refractivity contribution in [1.29, 1.82) is 0 Å². The maximum atomic E-state index is 5.81. The zero-order chi connectivity index (χ0) is 16.6. The second-order valence-corrected chi connectivity index (χ2v) is 6.03. The summed E-state index contributed by atoms with van der Waals surface area (Å²) in [7, 11) is 0. The van der Waals surface area contributed by atoms with Gasteiger partial charge >= 0.3 is 0 Å². The molecule has 126 valence electrons. The summed E-state index contributed by atoms with van der Waals surface area (Å²) in [4.78, 5) is 4.64. The average Bonchev–Trinajstić information content (AvgIpc) is 3.44. The van der Waals surface area contributed by atoms with E-state index in [1.807, 2.05) is 30.3 Å². The molecule has 0 aromatic heterocycles. The fraction of sp³-hybridized carbons (Fsp3) is 0.350. The van der Waals surface area contributed by atoms with Crippen molar-refractivity contribution in [1.82, 2.24) is 10.6 Å². The van der Waals surface area contributed by atoms with Gasteiger partial charge in [0, 0.05) is 12.6 Å². The van der Waals surface area contributed by atoms with Crippen molar-refractivity contribution in [2.75, 3.05) is 6.54 Å². The van der Waals surface area contributed by atoms with Gasteiger partial charge in [-0.05, 0) is 43.0 Å². The Bertz CT molecular complexity index is 648. The zero-order valence-corrected chi connectivity index (χ0v) is 14.2. The van der Waals surface area contributed by atoms with E-state index in [4.69, 9.17) is 4.74 Å². The second kappa shape index (κ2) is 8.39. The third-order valence-electron chi connectivity index (χ3n) is 3.85. The van der Waals surface area contributed by atoms with Crippen LogP contribution in [0.5, 0.6) is 5.75 Å². The van der Waals surface area contributed by atoms with Gasteiger partial charge in [-0.2, -0.15) is 0 Å². The number of hydrogen-bond acceptors (Lipinski definition) is 2. The molecule has 0 spiro atoms. The summed E-state index contributed by atoms with van der Waals surface area (Å²) in [5.74, 6) is 1.79. The van der Waals surface area contributed by atoms with Crippen molar-refractivity contribution in [2.45, 2.75) is 39.0 Å². The fourth-order valence-corrected chi connectivity index (χ4v) is 2.34. The molecule has 0 aliphatic heterocycles. The largest absolute Gasteiger partial charge is 0.489 e. The lowest BCUT2D eigenvalue weighted by atomic mass is 10.2. The zero-order valence-electron chi connectivity index (χ0n) is 14.2. The van der Waals surface area contributed by atoms with Crippen LogP contribution >= 0.6 is 0 Å². The number of benzene rings is 2. The van der Waals surface area contributed by atoms with Crippen molar-refractivity contribution in [3.63, 3.8) is 0 Å². The number of ether oxygens (including phenoxy) is 1. The molecular weight excluding hydrogens is 298 g/mol. The van der Waals surface area contributed by atoms with E-state index >= 15 is 0 Å². The van der Waals surface area contributed by atoms with Crippen LogP contribution in [0.1, 0.15) is 30.9 Å². The quantitative estimate of drug-likeness (QED) is 0.606. The van der Waals surface area contributed by atoms with E-state index in [2.05, 4.69) is 46.8 Å². The predicted molar refractivity (Wildman–Crippen MR) is 98.2 cm³/mol. The van der Waals surface area contributed by atoms with Gasteiger partial charge in [0.1, 0.15) is 12.4 Å². The third kappa shape index (κ3) is 5.30. The Hall–Kier alpha value is -2.49. The van der Waals surface area contributed by atoms with E-state index in [0.29, 0.717) is 19.2 Å². The molecular formula is C20H25N3O. The molecule has 1 fully saturated rings. The molecule has 1 saturated carbocycles. The number of guanidine groups is 1. The van der Waals surface area contributed by atoms with Gasteiger partial charge in [0.05, 0.1) is 6.54 Å². The molecule has 0 atom stereocenters. The molecule has 0 amide bonds. The van der Waals surface area contributed by atoms with Crippen molar-refractivity contribution < 1.29 is 4.74 Å². The molecule has 2 aromatic rings. The van der Waals surface area contributed by atoms with Crippen molar-refractivity contribution >= 4 is 5.96 Å². The maximum Gasteiger partial charge on any atom is 0.191 e. The summed E-state index contributed by atoms with van der Waals surface area (Å²) < 4.78 is 5.81. The van der Waals surface area contributed by atoms with Crippen molar-refractivity contribution in [3.05, 3.63) is 65.7 Å². The van der Waals surface area contributed by atoms with Gasteiger partial charge in [-0.25, -0.2) is 4.99 Å². The smallest absolute Gasteiger partial charge is 0.191 e. The minimum Gasteiger partial charge on any atom is -0.489 e. The first-order chi connectivity index (χ1) is 11.8. The van der Waals surface area contributed by atoms with Crippen LogP contribution in [-0.2, 0) is 13.2 Å². The van der Waals surface area contributed by atoms with E-state index in [-0.39, 0.29) is 0 Å². The van der Waals surface area contributed by atoms with Crippen molar-refractivity contribution in [2.24, 2.45) is 4.99 Å². The SMILES string of the molecule is CCNC(=NCc1ccc(OCc2ccccc2)cc1)NC1CC1. The molecule has 0 saturated heterocycles. The number of aliphatic imine (C=N–C) groups is 1. The molecule has 2 aromatic carbocycles. The molecule has 0 radical (unpaired) electrons. The Morgan fingerprint density at radius 1 is 1.04 bits per heavy atom. The molecule has 2 N–H and O–H groups in total. The Morgan fingerprint density at radius 3 is 2.46 bits per heavy atom. The molecule has 3 rings (SSSR count). The van der Waals surface area contributed by atoms with Crippen molar-refractivity contribution in [3.8, 4) is 5.75 Å². The summed E-state index contributed by atoms with van der Waals surface area (Å²) in [6.07, 6.45) is 2.50. The molecule has 0 heterocycles. The van der Waals surface area contributed by atoms with Crippen LogP contribution in [0.2, 0.25) is 0 Å². The van der Waals surface area contributed by atoms with Gasteiger partial charge in [-0.1, -0.05) is 42.5 Å². The van der Waals surface area contributed by atoms with Gasteiger partial charge < -0.3 is 15.4 Å². The monoisotopic (exact) mass is 323 g/mol. The van der Waals surface area contributed by atoms with Gasteiger partial charge in [0.2, 0.25) is 0 Å². The maximum absolute atomic E-state index is 5.81. The standard InChI is InChI=1S/C20H25N3O/c1-2-21-20(23-18-10-11-18)22-14-16-8-12-19(13-9-16)24-15-17-6-4-3-5-7-17/h3-9,12-13,18H,2,10-11,14-15H2,1H3,(H2,21,22,23). The minimum absolute atomic E-state index is 0.591. The molecule has 4 heteroatoms. The van der Waals surface area contributed by atoms with E-state index in [1.165, 1.54) is 24.0 Å². The molecule has 0 bridgehead atoms. The second-order valence-electron chi connectivity index (χ2n) is 6.03. The molecule has 4 nitrogen and oxygen atoms in total. The van der Waals surface area contributed by atoms with Crippen LogP contribution < -0.4 is 15.4 Å². The first-order valence-corrected chi connectivity index (χ1v) is 8.64. The van der Waals surface area contributed by atoms with Crippen LogP contribution in [0.15, 0.2) is 59.6 Å². The topological polar surface area (TPSA) is 45.7 Å². The Balaban J connectivity index is 1.51. The van der Waals surface area contributed by atoms with Gasteiger partial charge in [-0.3, -0.25) is 0 Å². The lowest BCUT2D eigenvalue weighted by Crippen LogP contribution is -2.38. The number of rotatable bonds is 7. The first kappa shape index (κ1) is 16.4. The highest BCUT2D eigenvalue weighted by atomic mass is 16.5. The van der Waals surface area contributed by atoms with Gasteiger partial charge in [0.15, 0.2) is 5.96 Å². The van der Waals surface area contributed by atoms with Crippen LogP contribution in [-0.4, -0.2) is 18.5 Å². The Kier molecular flexibility index (Phi) is 5.72. The summed E-state index contributed by atoms with van der Waals surface area (Å²) in [5, 5.41) is 6.71. The Morgan fingerprint density at radius 2 is 1.79 bits per heavy atom. The molecule has 0 unspecified atom stereocenters. The van der Waals surface area contributed by atoms with Gasteiger partial charge in [-0.15, -0.1) is 0 Å². The third-order valence-corrected chi connectivity index (χ3v) is 3.85. The molecule has 1 aliphatic rings. The highest BCUT2D eigenvalue weighted by Gasteiger charge is 2.21. The summed E-state index contributed by atoms with van der Waals surface area (Å²) in [6.45, 7) is 4.23. The lowest BCUT2D eigenvalue weighted by molar-refractivity contribution is 0.306. The van der Waals surface area contributed by atoms with Crippen LogP contribution in [0.4, 0.5) is 0 Å². The number of nitrogens with zero attached hydrogens (tertiary/aromatic N) is 1. The number of nitrogens with one attached hydrogen (secondary N) is 2. The highest BCUT2D eigenvalue weighted by Crippen LogP contribution is 2.18. The van der Waals surface area contributed by atoms with E-state index in [1.54, 1.807) is 0 Å². The first-order valence-electron chi connectivity index (χ1n) is 8.64. The highest BCUT2D eigenvalue weighted by molar-refractivity contribution is 5.80. The minimum atomic E-state index is 0.591. The molecule has 24 heavy (non-hydrogen) atoms. The lowest BCUT2D eigenvalue weighted by Gasteiger charge is -2.10. The van der Waals surface area contributed by atoms with Gasteiger partial charge in [0.25, 0.3) is 0 Å². The molecule has 1 aliphatic carbocycles. The van der Waals surface area contributed by atoms with E-state index in [9.17, 15) is 0 Å². The fourth-order valence-electron chi connectivity index (χ4n) is 2.34. The predicted octanol–water partition coefficient (Wildman–Crippen LogP) is 3.48.